The SMILES string of the molecule is COCOc1ccc(C(=O)C2CC3CCCC(C2)S3=O)c(F)c1. The van der Waals surface area contributed by atoms with Gasteiger partial charge in [-0.1, -0.05) is 6.42 Å². The van der Waals surface area contributed by atoms with Crippen LogP contribution in [0.3, 0.4) is 0 Å². The fourth-order valence-electron chi connectivity index (χ4n) is 3.58. The van der Waals surface area contributed by atoms with E-state index in [1.54, 1.807) is 6.07 Å². The smallest absolute Gasteiger partial charge is 0.188 e. The van der Waals surface area contributed by atoms with E-state index < -0.39 is 16.6 Å². The van der Waals surface area contributed by atoms with Crippen LogP contribution in [-0.2, 0) is 15.5 Å². The van der Waals surface area contributed by atoms with Crippen LogP contribution in [0.25, 0.3) is 0 Å². The largest absolute Gasteiger partial charge is 0.467 e. The third kappa shape index (κ3) is 3.48. The van der Waals surface area contributed by atoms with E-state index in [0.717, 1.165) is 19.3 Å². The van der Waals surface area contributed by atoms with Gasteiger partial charge in [-0.3, -0.25) is 9.00 Å². The molecule has 0 N–H and O–H groups in total. The van der Waals surface area contributed by atoms with Gasteiger partial charge < -0.3 is 9.47 Å². The second kappa shape index (κ2) is 7.09. The number of carbonyl (C=O) groups is 1. The van der Waals surface area contributed by atoms with E-state index in [-0.39, 0.29) is 34.6 Å². The molecule has 0 spiro atoms. The minimum atomic E-state index is -0.822. The Bertz CT molecular complexity index is 603. The highest BCUT2D eigenvalue weighted by atomic mass is 32.2. The molecule has 1 aromatic rings. The maximum atomic E-state index is 14.2. The molecule has 2 aliphatic rings. The van der Waals surface area contributed by atoms with E-state index in [4.69, 9.17) is 9.47 Å². The summed E-state index contributed by atoms with van der Waals surface area (Å²) in [5, 5.41) is 0.202. The molecule has 2 unspecified atom stereocenters. The van der Waals surface area contributed by atoms with Gasteiger partial charge in [-0.15, -0.1) is 0 Å². The lowest BCUT2D eigenvalue weighted by Crippen LogP contribution is -2.41. The number of halogens is 1. The standard InChI is InChI=1S/C17H21FO4S/c1-21-10-22-12-5-6-15(16(18)9-12)17(19)11-7-13-3-2-4-14(8-11)23(13)20/h5-6,9,11,13-14H,2-4,7-8,10H2,1H3. The lowest BCUT2D eigenvalue weighted by atomic mass is 9.84. The Hall–Kier alpha value is -1.27. The number of hydrogen-bond donors (Lipinski definition) is 0. The molecule has 0 saturated carbocycles. The van der Waals surface area contributed by atoms with Crippen LogP contribution < -0.4 is 4.74 Å². The van der Waals surface area contributed by atoms with Crippen molar-refractivity contribution in [1.82, 2.24) is 0 Å². The van der Waals surface area contributed by atoms with Crippen LogP contribution in [-0.4, -0.2) is 34.4 Å². The van der Waals surface area contributed by atoms with Crippen molar-refractivity contribution in [3.63, 3.8) is 0 Å². The molecule has 2 bridgehead atoms. The minimum Gasteiger partial charge on any atom is -0.467 e. The molecule has 6 heteroatoms. The predicted molar refractivity (Wildman–Crippen MR) is 85.5 cm³/mol. The van der Waals surface area contributed by atoms with Gasteiger partial charge in [0.05, 0.1) is 5.56 Å². The van der Waals surface area contributed by atoms with Crippen molar-refractivity contribution < 1.29 is 22.9 Å². The zero-order chi connectivity index (χ0) is 16.4. The van der Waals surface area contributed by atoms with E-state index in [9.17, 15) is 13.4 Å². The lowest BCUT2D eigenvalue weighted by molar-refractivity contribution is 0.0509. The first-order valence-corrected chi connectivity index (χ1v) is 9.22. The van der Waals surface area contributed by atoms with Gasteiger partial charge in [-0.25, -0.2) is 4.39 Å². The minimum absolute atomic E-state index is 0.0323. The molecule has 3 rings (SSSR count). The number of hydrogen-bond acceptors (Lipinski definition) is 4. The molecule has 2 fully saturated rings. The summed E-state index contributed by atoms with van der Waals surface area (Å²) in [7, 11) is 0.662. The fraction of sp³-hybridized carbons (Fsp3) is 0.588. The van der Waals surface area contributed by atoms with Gasteiger partial charge in [-0.2, -0.15) is 0 Å². The van der Waals surface area contributed by atoms with Crippen LogP contribution >= 0.6 is 0 Å². The van der Waals surface area contributed by atoms with Gasteiger partial charge in [0.1, 0.15) is 11.6 Å². The zero-order valence-electron chi connectivity index (χ0n) is 13.1. The lowest BCUT2D eigenvalue weighted by Gasteiger charge is -2.37. The molecule has 126 valence electrons. The van der Waals surface area contributed by atoms with Crippen molar-refractivity contribution in [2.75, 3.05) is 13.9 Å². The summed E-state index contributed by atoms with van der Waals surface area (Å²) in [5.74, 6) is -0.624. The molecule has 2 heterocycles. The summed E-state index contributed by atoms with van der Waals surface area (Å²) in [6.45, 7) is 0.0323. The molecular weight excluding hydrogens is 319 g/mol. The first kappa shape index (κ1) is 16.6. The number of carbonyl (C=O) groups excluding carboxylic acids is 1. The molecule has 2 aliphatic heterocycles. The summed E-state index contributed by atoms with van der Waals surface area (Å²) >= 11 is 0. The van der Waals surface area contributed by atoms with Crippen LogP contribution in [0.5, 0.6) is 5.75 Å². The van der Waals surface area contributed by atoms with Gasteiger partial charge >= 0.3 is 0 Å². The molecule has 0 radical (unpaired) electrons. The van der Waals surface area contributed by atoms with Gasteiger partial charge in [0.25, 0.3) is 0 Å². The van der Waals surface area contributed by atoms with Crippen molar-refractivity contribution in [1.29, 1.82) is 0 Å². The second-order valence-electron chi connectivity index (χ2n) is 6.23. The van der Waals surface area contributed by atoms with Crippen LogP contribution in [0.2, 0.25) is 0 Å². The number of methoxy groups -OCH3 is 1. The van der Waals surface area contributed by atoms with Crippen molar-refractivity contribution in [3.05, 3.63) is 29.6 Å². The highest BCUT2D eigenvalue weighted by molar-refractivity contribution is 7.86. The first-order chi connectivity index (χ1) is 11.1. The molecule has 4 nitrogen and oxygen atoms in total. The van der Waals surface area contributed by atoms with Crippen molar-refractivity contribution in [3.8, 4) is 5.75 Å². The molecular formula is C17H21FO4S. The maximum Gasteiger partial charge on any atom is 0.188 e. The van der Waals surface area contributed by atoms with Crippen LogP contribution in [0, 0.1) is 11.7 Å². The highest BCUT2D eigenvalue weighted by Crippen LogP contribution is 2.38. The van der Waals surface area contributed by atoms with E-state index >= 15 is 0 Å². The molecule has 0 aliphatic carbocycles. The number of rotatable bonds is 5. The monoisotopic (exact) mass is 340 g/mol. The Labute approximate surface area is 137 Å². The van der Waals surface area contributed by atoms with E-state index in [2.05, 4.69) is 0 Å². The van der Waals surface area contributed by atoms with Crippen molar-refractivity contribution in [2.24, 2.45) is 5.92 Å². The molecule has 0 aromatic heterocycles. The second-order valence-corrected chi connectivity index (χ2v) is 8.22. The summed E-state index contributed by atoms with van der Waals surface area (Å²) in [4.78, 5) is 12.7. The van der Waals surface area contributed by atoms with Gasteiger partial charge in [0, 0.05) is 40.4 Å². The van der Waals surface area contributed by atoms with Gasteiger partial charge in [0.15, 0.2) is 12.6 Å². The predicted octanol–water partition coefficient (Wildman–Crippen LogP) is 3.07. The van der Waals surface area contributed by atoms with E-state index in [1.165, 1.54) is 19.2 Å². The van der Waals surface area contributed by atoms with Crippen LogP contribution in [0.1, 0.15) is 42.5 Å². The topological polar surface area (TPSA) is 52.6 Å². The number of Topliss-reactive ketones (excluding diaryl/α,β-unsaturated/α-hetero) is 1. The van der Waals surface area contributed by atoms with Crippen LogP contribution in [0.4, 0.5) is 4.39 Å². The Balaban J connectivity index is 1.74. The Morgan fingerprint density at radius 2 is 2.00 bits per heavy atom. The van der Waals surface area contributed by atoms with Crippen molar-refractivity contribution >= 4 is 16.6 Å². The van der Waals surface area contributed by atoms with Crippen LogP contribution in [0.15, 0.2) is 18.2 Å². The maximum absolute atomic E-state index is 14.2. The fourth-order valence-corrected chi connectivity index (χ4v) is 5.77. The number of fused-ring (bicyclic) bond motifs is 2. The Kier molecular flexibility index (Phi) is 5.11. The number of ketones is 1. The summed E-state index contributed by atoms with van der Waals surface area (Å²) in [6.07, 6.45) is 4.15. The normalized spacial score (nSPS) is 30.0. The summed E-state index contributed by atoms with van der Waals surface area (Å²) < 4.78 is 36.4. The molecule has 1 aromatic carbocycles. The molecule has 23 heavy (non-hydrogen) atoms. The highest BCUT2D eigenvalue weighted by Gasteiger charge is 2.41. The average molecular weight is 340 g/mol. The van der Waals surface area contributed by atoms with E-state index in [1.807, 2.05) is 0 Å². The number of benzene rings is 1. The van der Waals surface area contributed by atoms with E-state index in [0.29, 0.717) is 18.6 Å². The molecule has 2 atom stereocenters. The zero-order valence-corrected chi connectivity index (χ0v) is 13.9. The van der Waals surface area contributed by atoms with Gasteiger partial charge in [-0.05, 0) is 37.8 Å². The molecule has 0 amide bonds. The Morgan fingerprint density at radius 3 is 2.61 bits per heavy atom. The quantitative estimate of drug-likeness (QED) is 0.611. The summed E-state index contributed by atoms with van der Waals surface area (Å²) in [5.41, 5.74) is 0.102. The molecule has 2 saturated heterocycles. The third-order valence-corrected chi connectivity index (χ3v) is 6.89. The number of ether oxygens (including phenoxy) is 2. The van der Waals surface area contributed by atoms with Crippen molar-refractivity contribution in [2.45, 2.75) is 42.6 Å². The first-order valence-electron chi connectivity index (χ1n) is 7.95. The third-order valence-electron chi connectivity index (χ3n) is 4.72. The summed E-state index contributed by atoms with van der Waals surface area (Å²) in [6, 6.07) is 4.27. The van der Waals surface area contributed by atoms with Gasteiger partial charge in [0.2, 0.25) is 0 Å². The average Bonchev–Trinajstić information content (AvgIpc) is 2.52. The Morgan fingerprint density at radius 1 is 1.30 bits per heavy atom.